The summed E-state index contributed by atoms with van der Waals surface area (Å²) < 4.78 is 0. The summed E-state index contributed by atoms with van der Waals surface area (Å²) in [7, 11) is 4.03. The molecular weight excluding hydrogens is 214 g/mol. The van der Waals surface area contributed by atoms with Gasteiger partial charge in [-0.1, -0.05) is 6.92 Å². The SMILES string of the molecule is CC(CN)CN(C)C(=O)CC1CCCN(C)C1. The second-order valence-corrected chi connectivity index (χ2v) is 5.59. The van der Waals surface area contributed by atoms with Gasteiger partial charge in [0.25, 0.3) is 0 Å². The molecule has 0 bridgehead atoms. The van der Waals surface area contributed by atoms with Crippen LogP contribution < -0.4 is 5.73 Å². The molecule has 2 unspecified atom stereocenters. The summed E-state index contributed by atoms with van der Waals surface area (Å²) in [5, 5.41) is 0. The molecule has 4 nitrogen and oxygen atoms in total. The Balaban J connectivity index is 2.32. The van der Waals surface area contributed by atoms with Crippen LogP contribution in [0.3, 0.4) is 0 Å². The molecule has 1 heterocycles. The van der Waals surface area contributed by atoms with Crippen LogP contribution in [0.2, 0.25) is 0 Å². The lowest BCUT2D eigenvalue weighted by molar-refractivity contribution is -0.131. The second kappa shape index (κ2) is 6.97. The summed E-state index contributed by atoms with van der Waals surface area (Å²) in [6, 6.07) is 0. The first-order valence-electron chi connectivity index (χ1n) is 6.65. The minimum atomic E-state index is 0.269. The number of piperidine rings is 1. The largest absolute Gasteiger partial charge is 0.345 e. The standard InChI is InChI=1S/C13H27N3O/c1-11(8-14)9-16(3)13(17)7-12-5-4-6-15(2)10-12/h11-12H,4-10,14H2,1-3H3. The molecule has 1 aliphatic heterocycles. The van der Waals surface area contributed by atoms with Crippen LogP contribution in [0.15, 0.2) is 0 Å². The van der Waals surface area contributed by atoms with Gasteiger partial charge in [0.1, 0.15) is 0 Å². The monoisotopic (exact) mass is 241 g/mol. The molecule has 1 fully saturated rings. The molecule has 1 aliphatic rings. The van der Waals surface area contributed by atoms with Gasteiger partial charge in [0.05, 0.1) is 0 Å². The van der Waals surface area contributed by atoms with Gasteiger partial charge in [-0.15, -0.1) is 0 Å². The highest BCUT2D eigenvalue weighted by molar-refractivity contribution is 5.76. The number of carbonyl (C=O) groups excluding carboxylic acids is 1. The summed E-state index contributed by atoms with van der Waals surface area (Å²) in [6.07, 6.45) is 3.10. The molecule has 1 amide bonds. The average Bonchev–Trinajstić information content (AvgIpc) is 2.28. The summed E-state index contributed by atoms with van der Waals surface area (Å²) in [6.45, 7) is 5.73. The predicted octanol–water partition coefficient (Wildman–Crippen LogP) is 0.772. The molecule has 0 aromatic rings. The molecule has 1 saturated heterocycles. The Morgan fingerprint density at radius 3 is 2.88 bits per heavy atom. The van der Waals surface area contributed by atoms with Crippen LogP contribution in [0.1, 0.15) is 26.2 Å². The topological polar surface area (TPSA) is 49.6 Å². The Morgan fingerprint density at radius 1 is 1.59 bits per heavy atom. The minimum Gasteiger partial charge on any atom is -0.345 e. The summed E-state index contributed by atoms with van der Waals surface area (Å²) in [5.41, 5.74) is 5.58. The second-order valence-electron chi connectivity index (χ2n) is 5.59. The van der Waals surface area contributed by atoms with Crippen molar-refractivity contribution in [3.8, 4) is 0 Å². The molecule has 0 aromatic heterocycles. The van der Waals surface area contributed by atoms with E-state index in [1.807, 2.05) is 11.9 Å². The molecule has 2 N–H and O–H groups in total. The summed E-state index contributed by atoms with van der Waals surface area (Å²) in [4.78, 5) is 16.2. The van der Waals surface area contributed by atoms with E-state index < -0.39 is 0 Å². The normalized spacial score (nSPS) is 23.4. The van der Waals surface area contributed by atoms with E-state index in [9.17, 15) is 4.79 Å². The molecule has 100 valence electrons. The zero-order valence-electron chi connectivity index (χ0n) is 11.5. The molecule has 4 heteroatoms. The Bertz CT molecular complexity index is 245. The average molecular weight is 241 g/mol. The van der Waals surface area contributed by atoms with E-state index in [-0.39, 0.29) is 5.91 Å². The van der Waals surface area contributed by atoms with Crippen LogP contribution >= 0.6 is 0 Å². The van der Waals surface area contributed by atoms with Crippen LogP contribution in [-0.4, -0.2) is 56.0 Å². The van der Waals surface area contributed by atoms with Gasteiger partial charge in [0.15, 0.2) is 0 Å². The lowest BCUT2D eigenvalue weighted by Crippen LogP contribution is -2.38. The van der Waals surface area contributed by atoms with Crippen LogP contribution in [0.4, 0.5) is 0 Å². The third kappa shape index (κ3) is 5.04. The van der Waals surface area contributed by atoms with Crippen molar-refractivity contribution >= 4 is 5.91 Å². The van der Waals surface area contributed by atoms with Crippen molar-refractivity contribution < 1.29 is 4.79 Å². The highest BCUT2D eigenvalue weighted by Gasteiger charge is 2.22. The number of likely N-dealkylation sites (tertiary alicyclic amines) is 1. The van der Waals surface area contributed by atoms with E-state index in [1.165, 1.54) is 19.4 Å². The van der Waals surface area contributed by atoms with E-state index in [2.05, 4.69) is 18.9 Å². The number of nitrogens with zero attached hydrogens (tertiary/aromatic N) is 2. The molecule has 17 heavy (non-hydrogen) atoms. The Labute approximate surface area is 105 Å². The molecule has 2 atom stereocenters. The first-order chi connectivity index (χ1) is 8.02. The van der Waals surface area contributed by atoms with Gasteiger partial charge in [0.2, 0.25) is 5.91 Å². The number of hydrogen-bond acceptors (Lipinski definition) is 3. The van der Waals surface area contributed by atoms with Gasteiger partial charge >= 0.3 is 0 Å². The molecule has 0 radical (unpaired) electrons. The highest BCUT2D eigenvalue weighted by atomic mass is 16.2. The first kappa shape index (κ1) is 14.5. The Morgan fingerprint density at radius 2 is 2.29 bits per heavy atom. The maximum atomic E-state index is 12.0. The van der Waals surface area contributed by atoms with E-state index in [0.29, 0.717) is 24.8 Å². The number of rotatable bonds is 5. The van der Waals surface area contributed by atoms with Crippen molar-refractivity contribution in [2.75, 3.05) is 40.3 Å². The van der Waals surface area contributed by atoms with Gasteiger partial charge in [-0.25, -0.2) is 0 Å². The lowest BCUT2D eigenvalue weighted by Gasteiger charge is -2.30. The van der Waals surface area contributed by atoms with E-state index in [1.54, 1.807) is 0 Å². The van der Waals surface area contributed by atoms with E-state index in [4.69, 9.17) is 5.73 Å². The fourth-order valence-corrected chi connectivity index (χ4v) is 2.49. The van der Waals surface area contributed by atoms with Crippen molar-refractivity contribution in [2.24, 2.45) is 17.6 Å². The summed E-state index contributed by atoms with van der Waals surface area (Å²) >= 11 is 0. The first-order valence-corrected chi connectivity index (χ1v) is 6.65. The zero-order chi connectivity index (χ0) is 12.8. The molecule has 1 rings (SSSR count). The highest BCUT2D eigenvalue weighted by Crippen LogP contribution is 2.19. The number of carbonyl (C=O) groups is 1. The predicted molar refractivity (Wildman–Crippen MR) is 70.7 cm³/mol. The maximum Gasteiger partial charge on any atom is 0.222 e. The van der Waals surface area contributed by atoms with Crippen LogP contribution in [0.5, 0.6) is 0 Å². The van der Waals surface area contributed by atoms with Gasteiger partial charge < -0.3 is 15.5 Å². The molecule has 0 saturated carbocycles. The third-order valence-corrected chi connectivity index (χ3v) is 3.60. The van der Waals surface area contributed by atoms with Crippen molar-refractivity contribution in [1.82, 2.24) is 9.80 Å². The lowest BCUT2D eigenvalue weighted by atomic mass is 9.94. The van der Waals surface area contributed by atoms with Crippen molar-refractivity contribution in [3.63, 3.8) is 0 Å². The van der Waals surface area contributed by atoms with Gasteiger partial charge in [-0.3, -0.25) is 4.79 Å². The molecule has 0 aromatic carbocycles. The zero-order valence-corrected chi connectivity index (χ0v) is 11.5. The number of amides is 1. The quantitative estimate of drug-likeness (QED) is 0.773. The van der Waals surface area contributed by atoms with Crippen molar-refractivity contribution in [3.05, 3.63) is 0 Å². The molecular formula is C13H27N3O. The molecule has 0 aliphatic carbocycles. The van der Waals surface area contributed by atoms with Crippen LogP contribution in [-0.2, 0) is 4.79 Å². The Kier molecular flexibility index (Phi) is 5.92. The van der Waals surface area contributed by atoms with Crippen molar-refractivity contribution in [2.45, 2.75) is 26.2 Å². The van der Waals surface area contributed by atoms with Crippen LogP contribution in [0.25, 0.3) is 0 Å². The number of nitrogens with two attached hydrogens (primary N) is 1. The third-order valence-electron chi connectivity index (χ3n) is 3.60. The molecule has 0 spiro atoms. The maximum absolute atomic E-state index is 12.0. The van der Waals surface area contributed by atoms with E-state index in [0.717, 1.165) is 13.1 Å². The minimum absolute atomic E-state index is 0.269. The van der Waals surface area contributed by atoms with Gasteiger partial charge in [-0.2, -0.15) is 0 Å². The van der Waals surface area contributed by atoms with E-state index >= 15 is 0 Å². The summed E-state index contributed by atoms with van der Waals surface area (Å²) in [5.74, 6) is 1.19. The van der Waals surface area contributed by atoms with Gasteiger partial charge in [-0.05, 0) is 44.8 Å². The fraction of sp³-hybridized carbons (Fsp3) is 0.923. The van der Waals surface area contributed by atoms with Crippen LogP contribution in [0, 0.1) is 11.8 Å². The van der Waals surface area contributed by atoms with Gasteiger partial charge in [0, 0.05) is 26.6 Å². The number of hydrogen-bond donors (Lipinski definition) is 1. The Hall–Kier alpha value is -0.610. The van der Waals surface area contributed by atoms with Crippen molar-refractivity contribution in [1.29, 1.82) is 0 Å². The smallest absolute Gasteiger partial charge is 0.222 e. The fourth-order valence-electron chi connectivity index (χ4n) is 2.49.